The SMILES string of the molecule is C=C(Nc1cc2cc(-c3cnn(C)c3)ccc2cn1)C1CCCN1. The molecule has 3 heterocycles. The Bertz CT molecular complexity index is 890. The molecule has 1 saturated heterocycles. The molecule has 1 aromatic carbocycles. The minimum Gasteiger partial charge on any atom is -0.343 e. The van der Waals surface area contributed by atoms with Crippen molar-refractivity contribution in [1.29, 1.82) is 0 Å². The fraction of sp³-hybridized carbons (Fsp3) is 0.263. The first kappa shape index (κ1) is 14.9. The second-order valence-corrected chi connectivity index (χ2v) is 6.33. The van der Waals surface area contributed by atoms with Crippen LogP contribution in [0.3, 0.4) is 0 Å². The number of aryl methyl sites for hydroxylation is 1. The van der Waals surface area contributed by atoms with E-state index in [1.807, 2.05) is 30.3 Å². The number of nitrogens with zero attached hydrogens (tertiary/aromatic N) is 3. The lowest BCUT2D eigenvalue weighted by Gasteiger charge is -2.15. The standard InChI is InChI=1S/C19H21N5/c1-13(18-4-3-7-20-18)23-19-9-16-8-14(5-6-15(16)10-21-19)17-11-22-24(2)12-17/h5-6,8-12,18,20H,1,3-4,7H2,2H3,(H,21,23). The fourth-order valence-electron chi connectivity index (χ4n) is 3.19. The number of nitrogens with one attached hydrogen (secondary N) is 2. The average Bonchev–Trinajstić information content (AvgIpc) is 3.25. The van der Waals surface area contributed by atoms with Crippen LogP contribution >= 0.6 is 0 Å². The van der Waals surface area contributed by atoms with E-state index < -0.39 is 0 Å². The Morgan fingerprint density at radius 1 is 1.25 bits per heavy atom. The largest absolute Gasteiger partial charge is 0.343 e. The molecule has 0 spiro atoms. The number of pyridine rings is 1. The summed E-state index contributed by atoms with van der Waals surface area (Å²) in [6.45, 7) is 5.22. The summed E-state index contributed by atoms with van der Waals surface area (Å²) in [6.07, 6.45) is 8.14. The second kappa shape index (κ2) is 6.09. The van der Waals surface area contributed by atoms with Gasteiger partial charge in [-0.25, -0.2) is 4.98 Å². The van der Waals surface area contributed by atoms with Crippen molar-refractivity contribution in [3.8, 4) is 11.1 Å². The van der Waals surface area contributed by atoms with Gasteiger partial charge >= 0.3 is 0 Å². The van der Waals surface area contributed by atoms with Crippen LogP contribution in [-0.2, 0) is 7.05 Å². The van der Waals surface area contributed by atoms with Crippen molar-refractivity contribution in [1.82, 2.24) is 20.1 Å². The average molecular weight is 319 g/mol. The Hall–Kier alpha value is -2.66. The molecular formula is C19H21N5. The molecule has 0 amide bonds. The van der Waals surface area contributed by atoms with Gasteiger partial charge in [-0.15, -0.1) is 0 Å². The summed E-state index contributed by atoms with van der Waals surface area (Å²) < 4.78 is 1.82. The van der Waals surface area contributed by atoms with E-state index in [4.69, 9.17) is 0 Å². The number of aromatic nitrogens is 3. The molecule has 5 heteroatoms. The van der Waals surface area contributed by atoms with E-state index in [2.05, 4.69) is 51.6 Å². The van der Waals surface area contributed by atoms with Crippen LogP contribution in [0, 0.1) is 0 Å². The summed E-state index contributed by atoms with van der Waals surface area (Å²) in [6, 6.07) is 8.80. The highest BCUT2D eigenvalue weighted by Gasteiger charge is 2.17. The highest BCUT2D eigenvalue weighted by Crippen LogP contribution is 2.25. The number of hydrogen-bond donors (Lipinski definition) is 2. The van der Waals surface area contributed by atoms with Gasteiger partial charge in [-0.05, 0) is 42.5 Å². The minimum atomic E-state index is 0.337. The first-order chi connectivity index (χ1) is 11.7. The van der Waals surface area contributed by atoms with Crippen molar-refractivity contribution in [2.75, 3.05) is 11.9 Å². The Morgan fingerprint density at radius 3 is 2.92 bits per heavy atom. The molecular weight excluding hydrogens is 298 g/mol. The summed E-state index contributed by atoms with van der Waals surface area (Å²) in [7, 11) is 1.93. The van der Waals surface area contributed by atoms with E-state index in [0.717, 1.165) is 46.4 Å². The van der Waals surface area contributed by atoms with E-state index in [9.17, 15) is 0 Å². The molecule has 1 fully saturated rings. The highest BCUT2D eigenvalue weighted by molar-refractivity contribution is 5.88. The van der Waals surface area contributed by atoms with Crippen molar-refractivity contribution in [3.63, 3.8) is 0 Å². The van der Waals surface area contributed by atoms with Crippen molar-refractivity contribution < 1.29 is 0 Å². The maximum atomic E-state index is 4.51. The zero-order chi connectivity index (χ0) is 16.5. The third kappa shape index (κ3) is 2.90. The van der Waals surface area contributed by atoms with Crippen molar-refractivity contribution in [3.05, 3.63) is 55.1 Å². The Morgan fingerprint density at radius 2 is 2.17 bits per heavy atom. The van der Waals surface area contributed by atoms with E-state index in [0.29, 0.717) is 6.04 Å². The monoisotopic (exact) mass is 319 g/mol. The summed E-state index contributed by atoms with van der Waals surface area (Å²) >= 11 is 0. The molecule has 0 radical (unpaired) electrons. The summed E-state index contributed by atoms with van der Waals surface area (Å²) in [5.41, 5.74) is 3.26. The molecule has 3 aromatic rings. The van der Waals surface area contributed by atoms with Gasteiger partial charge in [0, 0.05) is 42.1 Å². The Balaban J connectivity index is 1.62. The van der Waals surface area contributed by atoms with Crippen LogP contribution in [0.2, 0.25) is 0 Å². The van der Waals surface area contributed by atoms with Crippen molar-refractivity contribution in [2.24, 2.45) is 7.05 Å². The smallest absolute Gasteiger partial charge is 0.130 e. The second-order valence-electron chi connectivity index (χ2n) is 6.33. The van der Waals surface area contributed by atoms with Gasteiger partial charge in [0.05, 0.1) is 6.20 Å². The van der Waals surface area contributed by atoms with Crippen LogP contribution in [0.15, 0.2) is 55.1 Å². The normalized spacial score (nSPS) is 17.3. The molecule has 1 aliphatic rings. The molecule has 122 valence electrons. The number of benzene rings is 1. The predicted octanol–water partition coefficient (Wildman–Crippen LogP) is 3.31. The van der Waals surface area contributed by atoms with Crippen LogP contribution in [-0.4, -0.2) is 27.4 Å². The van der Waals surface area contributed by atoms with Crippen molar-refractivity contribution >= 4 is 16.6 Å². The van der Waals surface area contributed by atoms with Gasteiger partial charge in [0.25, 0.3) is 0 Å². The van der Waals surface area contributed by atoms with Gasteiger partial charge < -0.3 is 10.6 Å². The molecule has 0 aliphatic carbocycles. The molecule has 1 atom stereocenters. The summed E-state index contributed by atoms with van der Waals surface area (Å²) in [4.78, 5) is 4.51. The number of anilines is 1. The molecule has 24 heavy (non-hydrogen) atoms. The molecule has 5 nitrogen and oxygen atoms in total. The van der Waals surface area contributed by atoms with Crippen LogP contribution in [0.25, 0.3) is 21.9 Å². The van der Waals surface area contributed by atoms with Gasteiger partial charge in [-0.3, -0.25) is 4.68 Å². The first-order valence-electron chi connectivity index (χ1n) is 8.27. The zero-order valence-electron chi connectivity index (χ0n) is 13.8. The lowest BCUT2D eigenvalue weighted by Crippen LogP contribution is -2.26. The summed E-state index contributed by atoms with van der Waals surface area (Å²) in [5, 5.41) is 13.3. The van der Waals surface area contributed by atoms with Gasteiger partial charge in [0.1, 0.15) is 5.82 Å². The van der Waals surface area contributed by atoms with Crippen LogP contribution in [0.4, 0.5) is 5.82 Å². The third-order valence-corrected chi connectivity index (χ3v) is 4.53. The van der Waals surface area contributed by atoms with Gasteiger partial charge in [0.2, 0.25) is 0 Å². The van der Waals surface area contributed by atoms with Crippen LogP contribution in [0.1, 0.15) is 12.8 Å². The van der Waals surface area contributed by atoms with E-state index in [1.165, 1.54) is 6.42 Å². The molecule has 2 aromatic heterocycles. The minimum absolute atomic E-state index is 0.337. The molecule has 2 N–H and O–H groups in total. The van der Waals surface area contributed by atoms with Gasteiger partial charge in [-0.2, -0.15) is 5.10 Å². The fourth-order valence-corrected chi connectivity index (χ4v) is 3.19. The van der Waals surface area contributed by atoms with Crippen LogP contribution < -0.4 is 10.6 Å². The Kier molecular flexibility index (Phi) is 3.78. The maximum Gasteiger partial charge on any atom is 0.130 e. The lowest BCUT2D eigenvalue weighted by molar-refractivity contribution is 0.694. The first-order valence-corrected chi connectivity index (χ1v) is 8.27. The van der Waals surface area contributed by atoms with Gasteiger partial charge in [0.15, 0.2) is 0 Å². The van der Waals surface area contributed by atoms with Crippen molar-refractivity contribution in [2.45, 2.75) is 18.9 Å². The molecule has 4 rings (SSSR count). The molecule has 0 bridgehead atoms. The molecule has 0 saturated carbocycles. The third-order valence-electron chi connectivity index (χ3n) is 4.53. The van der Waals surface area contributed by atoms with Gasteiger partial charge in [-0.1, -0.05) is 18.7 Å². The number of rotatable bonds is 4. The predicted molar refractivity (Wildman–Crippen MR) is 97.7 cm³/mol. The number of hydrogen-bond acceptors (Lipinski definition) is 4. The van der Waals surface area contributed by atoms with E-state index in [-0.39, 0.29) is 0 Å². The van der Waals surface area contributed by atoms with Crippen LogP contribution in [0.5, 0.6) is 0 Å². The maximum absolute atomic E-state index is 4.51. The number of fused-ring (bicyclic) bond motifs is 1. The molecule has 1 aliphatic heterocycles. The Labute approximate surface area is 141 Å². The molecule has 1 unspecified atom stereocenters. The topological polar surface area (TPSA) is 54.8 Å². The highest BCUT2D eigenvalue weighted by atomic mass is 15.2. The van der Waals surface area contributed by atoms with E-state index in [1.54, 1.807) is 0 Å². The lowest BCUT2D eigenvalue weighted by atomic mass is 10.0. The van der Waals surface area contributed by atoms with E-state index >= 15 is 0 Å². The quantitative estimate of drug-likeness (QED) is 0.774. The zero-order valence-corrected chi connectivity index (χ0v) is 13.8. The summed E-state index contributed by atoms with van der Waals surface area (Å²) in [5.74, 6) is 0.838.